The van der Waals surface area contributed by atoms with Gasteiger partial charge in [-0.1, -0.05) is 6.07 Å². The van der Waals surface area contributed by atoms with Crippen molar-refractivity contribution in [3.63, 3.8) is 0 Å². The van der Waals surface area contributed by atoms with Gasteiger partial charge in [0, 0.05) is 12.1 Å². The van der Waals surface area contributed by atoms with E-state index < -0.39 is 5.97 Å². The van der Waals surface area contributed by atoms with Crippen molar-refractivity contribution in [2.24, 2.45) is 0 Å². The molecule has 1 aromatic rings. The summed E-state index contributed by atoms with van der Waals surface area (Å²) in [5.41, 5.74) is 0.452. The van der Waals surface area contributed by atoms with Crippen LogP contribution in [0.5, 0.6) is 11.5 Å². The summed E-state index contributed by atoms with van der Waals surface area (Å²) in [7, 11) is 0. The maximum atomic E-state index is 10.8. The summed E-state index contributed by atoms with van der Waals surface area (Å²) in [4.78, 5) is 12.6. The first-order valence-corrected chi connectivity index (χ1v) is 5.68. The number of phenolic OH excluding ortho intramolecular Hbond substituents is 2. The fraction of sp³-hybridized carbons (Fsp3) is 0.462. The monoisotopic (exact) mass is 253 g/mol. The molecule has 0 bridgehead atoms. The molecule has 0 saturated heterocycles. The molecule has 100 valence electrons. The van der Waals surface area contributed by atoms with E-state index >= 15 is 0 Å². The Kier molecular flexibility index (Phi) is 4.19. The Labute approximate surface area is 106 Å². The molecular weight excluding hydrogens is 234 g/mol. The molecule has 0 heterocycles. The van der Waals surface area contributed by atoms with E-state index in [1.807, 2.05) is 20.8 Å². The summed E-state index contributed by atoms with van der Waals surface area (Å²) in [6.45, 7) is 6.09. The van der Waals surface area contributed by atoms with Gasteiger partial charge in [-0.15, -0.1) is 0 Å². The van der Waals surface area contributed by atoms with Gasteiger partial charge in [0.15, 0.2) is 11.5 Å². The number of carbonyl (C=O) groups is 1. The number of phenols is 2. The second-order valence-corrected chi connectivity index (χ2v) is 5.24. The lowest BCUT2D eigenvalue weighted by Gasteiger charge is -2.34. The van der Waals surface area contributed by atoms with Crippen molar-refractivity contribution in [2.45, 2.75) is 32.9 Å². The Balaban J connectivity index is 2.89. The van der Waals surface area contributed by atoms with Crippen molar-refractivity contribution >= 4 is 5.97 Å². The van der Waals surface area contributed by atoms with Gasteiger partial charge >= 0.3 is 5.97 Å². The molecule has 0 aromatic heterocycles. The smallest absolute Gasteiger partial charge is 0.317 e. The van der Waals surface area contributed by atoms with E-state index in [1.165, 1.54) is 12.1 Å². The minimum Gasteiger partial charge on any atom is -0.504 e. The van der Waals surface area contributed by atoms with E-state index in [9.17, 15) is 15.0 Å². The lowest BCUT2D eigenvalue weighted by atomic mass is 10.0. The third kappa shape index (κ3) is 3.92. The molecule has 0 aliphatic carbocycles. The number of aromatic hydroxyl groups is 2. The van der Waals surface area contributed by atoms with Crippen LogP contribution < -0.4 is 0 Å². The summed E-state index contributed by atoms with van der Waals surface area (Å²) >= 11 is 0. The zero-order valence-electron chi connectivity index (χ0n) is 10.8. The average molecular weight is 253 g/mol. The molecule has 5 heteroatoms. The minimum atomic E-state index is -0.895. The van der Waals surface area contributed by atoms with Crippen molar-refractivity contribution in [1.29, 1.82) is 0 Å². The quantitative estimate of drug-likeness (QED) is 0.713. The molecule has 0 fully saturated rings. The first kappa shape index (κ1) is 14.3. The normalized spacial score (nSPS) is 11.8. The van der Waals surface area contributed by atoms with Gasteiger partial charge in [0.25, 0.3) is 0 Å². The van der Waals surface area contributed by atoms with E-state index in [0.29, 0.717) is 6.54 Å². The topological polar surface area (TPSA) is 81.0 Å². The number of nitrogens with zero attached hydrogens (tertiary/aromatic N) is 1. The number of aliphatic carboxylic acids is 1. The predicted molar refractivity (Wildman–Crippen MR) is 67.6 cm³/mol. The van der Waals surface area contributed by atoms with Gasteiger partial charge in [-0.05, 0) is 38.5 Å². The largest absolute Gasteiger partial charge is 0.504 e. The highest BCUT2D eigenvalue weighted by Crippen LogP contribution is 2.26. The van der Waals surface area contributed by atoms with E-state index in [4.69, 9.17) is 5.11 Å². The van der Waals surface area contributed by atoms with Crippen molar-refractivity contribution in [2.75, 3.05) is 6.54 Å². The summed E-state index contributed by atoms with van der Waals surface area (Å²) in [5, 5.41) is 27.5. The number of hydrogen-bond donors (Lipinski definition) is 3. The Bertz CT molecular complexity index is 437. The summed E-state index contributed by atoms with van der Waals surface area (Å²) in [6.07, 6.45) is 0. The minimum absolute atomic E-state index is 0.0782. The molecule has 1 rings (SSSR count). The Hall–Kier alpha value is -1.75. The molecule has 0 aliphatic heterocycles. The van der Waals surface area contributed by atoms with Gasteiger partial charge in [0.05, 0.1) is 6.54 Å². The van der Waals surface area contributed by atoms with Crippen LogP contribution in [0, 0.1) is 0 Å². The molecule has 0 radical (unpaired) electrons. The molecule has 0 atom stereocenters. The number of carboxylic acid groups (broad SMARTS) is 1. The van der Waals surface area contributed by atoms with Crippen LogP contribution in [0.2, 0.25) is 0 Å². The highest BCUT2D eigenvalue weighted by molar-refractivity contribution is 5.69. The molecule has 0 spiro atoms. The highest BCUT2D eigenvalue weighted by Gasteiger charge is 2.23. The van der Waals surface area contributed by atoms with Crippen molar-refractivity contribution in [3.05, 3.63) is 23.8 Å². The summed E-state index contributed by atoms with van der Waals surface area (Å²) in [6, 6.07) is 4.50. The van der Waals surface area contributed by atoms with Crippen LogP contribution in [0.3, 0.4) is 0 Å². The SMILES string of the molecule is CC(C)(C)N(CC(=O)O)Cc1ccc(O)c(O)c1. The molecule has 1 aromatic carbocycles. The highest BCUT2D eigenvalue weighted by atomic mass is 16.4. The maximum absolute atomic E-state index is 10.8. The van der Waals surface area contributed by atoms with Gasteiger partial charge in [0.2, 0.25) is 0 Å². The van der Waals surface area contributed by atoms with E-state index in [-0.39, 0.29) is 23.6 Å². The van der Waals surface area contributed by atoms with Crippen molar-refractivity contribution in [1.82, 2.24) is 4.90 Å². The molecule has 18 heavy (non-hydrogen) atoms. The second kappa shape index (κ2) is 5.27. The molecule has 3 N–H and O–H groups in total. The number of benzene rings is 1. The lowest BCUT2D eigenvalue weighted by molar-refractivity contribution is -0.139. The standard InChI is InChI=1S/C13H19NO4/c1-13(2,3)14(8-12(17)18)7-9-4-5-10(15)11(16)6-9/h4-6,15-16H,7-8H2,1-3H3,(H,17,18). The zero-order chi connectivity index (χ0) is 13.9. The van der Waals surface area contributed by atoms with Gasteiger partial charge < -0.3 is 15.3 Å². The van der Waals surface area contributed by atoms with Crippen LogP contribution in [0.15, 0.2) is 18.2 Å². The molecular formula is C13H19NO4. The van der Waals surface area contributed by atoms with Gasteiger partial charge in [-0.3, -0.25) is 9.69 Å². The van der Waals surface area contributed by atoms with E-state index in [0.717, 1.165) is 5.56 Å². The Morgan fingerprint density at radius 2 is 1.83 bits per heavy atom. The Morgan fingerprint density at radius 1 is 1.22 bits per heavy atom. The van der Waals surface area contributed by atoms with Crippen LogP contribution in [0.25, 0.3) is 0 Å². The van der Waals surface area contributed by atoms with Crippen molar-refractivity contribution in [3.8, 4) is 11.5 Å². The van der Waals surface area contributed by atoms with Crippen LogP contribution in [0.4, 0.5) is 0 Å². The second-order valence-electron chi connectivity index (χ2n) is 5.24. The molecule has 5 nitrogen and oxygen atoms in total. The lowest BCUT2D eigenvalue weighted by Crippen LogP contribution is -2.43. The van der Waals surface area contributed by atoms with E-state index in [2.05, 4.69) is 0 Å². The molecule has 0 aliphatic rings. The summed E-state index contributed by atoms with van der Waals surface area (Å²) < 4.78 is 0. The Morgan fingerprint density at radius 3 is 2.28 bits per heavy atom. The van der Waals surface area contributed by atoms with Crippen molar-refractivity contribution < 1.29 is 20.1 Å². The average Bonchev–Trinajstić information content (AvgIpc) is 2.20. The van der Waals surface area contributed by atoms with Crippen LogP contribution in [0.1, 0.15) is 26.3 Å². The van der Waals surface area contributed by atoms with E-state index in [1.54, 1.807) is 11.0 Å². The number of rotatable bonds is 4. The van der Waals surface area contributed by atoms with Gasteiger partial charge in [-0.25, -0.2) is 0 Å². The van der Waals surface area contributed by atoms with Crippen LogP contribution >= 0.6 is 0 Å². The zero-order valence-corrected chi connectivity index (χ0v) is 10.8. The molecule has 0 unspecified atom stereocenters. The van der Waals surface area contributed by atoms with Gasteiger partial charge in [0.1, 0.15) is 0 Å². The van der Waals surface area contributed by atoms with Crippen LogP contribution in [-0.4, -0.2) is 38.3 Å². The van der Waals surface area contributed by atoms with Gasteiger partial charge in [-0.2, -0.15) is 0 Å². The fourth-order valence-corrected chi connectivity index (χ4v) is 1.58. The summed E-state index contributed by atoms with van der Waals surface area (Å²) in [5.74, 6) is -1.27. The molecule has 0 saturated carbocycles. The predicted octanol–water partition coefficient (Wildman–Crippen LogP) is 1.78. The van der Waals surface area contributed by atoms with Crippen LogP contribution in [-0.2, 0) is 11.3 Å². The third-order valence-corrected chi connectivity index (χ3v) is 2.69. The number of hydrogen-bond acceptors (Lipinski definition) is 4. The first-order chi connectivity index (χ1) is 8.20. The first-order valence-electron chi connectivity index (χ1n) is 5.68. The molecule has 0 amide bonds. The fourth-order valence-electron chi connectivity index (χ4n) is 1.58. The third-order valence-electron chi connectivity index (χ3n) is 2.69. The maximum Gasteiger partial charge on any atom is 0.317 e. The number of carboxylic acids is 1.